The molecular formula is C10H9NO2. The molecule has 0 bridgehead atoms. The normalized spacial score (nSPS) is 18.7. The van der Waals surface area contributed by atoms with Crippen LogP contribution in [-0.2, 0) is 11.2 Å². The van der Waals surface area contributed by atoms with Crippen LogP contribution in [0.25, 0.3) is 0 Å². The second-order valence-corrected chi connectivity index (χ2v) is 3.13. The predicted octanol–water partition coefficient (Wildman–Crippen LogP) is 1.98. The molecule has 1 aliphatic rings. The zero-order chi connectivity index (χ0) is 9.26. The van der Waals surface area contributed by atoms with E-state index in [1.807, 2.05) is 13.0 Å². The summed E-state index contributed by atoms with van der Waals surface area (Å²) in [5, 5.41) is 0. The van der Waals surface area contributed by atoms with Gasteiger partial charge >= 0.3 is 0 Å². The topological polar surface area (TPSA) is 38.7 Å². The highest BCUT2D eigenvalue weighted by atomic mass is 16.5. The largest absolute Gasteiger partial charge is 0.490 e. The third-order valence-electron chi connectivity index (χ3n) is 2.06. The molecule has 0 spiro atoms. The Kier molecular flexibility index (Phi) is 1.87. The minimum Gasteiger partial charge on any atom is -0.490 e. The van der Waals surface area contributed by atoms with Crippen molar-refractivity contribution in [2.75, 3.05) is 0 Å². The highest BCUT2D eigenvalue weighted by molar-refractivity contribution is 5.54. The lowest BCUT2D eigenvalue weighted by Gasteiger charge is -2.01. The zero-order valence-corrected chi connectivity index (χ0v) is 7.28. The molecular weight excluding hydrogens is 166 g/mol. The van der Waals surface area contributed by atoms with E-state index in [2.05, 4.69) is 4.99 Å². The summed E-state index contributed by atoms with van der Waals surface area (Å²) < 4.78 is 5.50. The Morgan fingerprint density at radius 2 is 2.46 bits per heavy atom. The molecule has 0 saturated carbocycles. The van der Waals surface area contributed by atoms with E-state index >= 15 is 0 Å². The second-order valence-electron chi connectivity index (χ2n) is 3.13. The van der Waals surface area contributed by atoms with Crippen LogP contribution in [0.4, 0.5) is 5.69 Å². The molecule has 3 heteroatoms. The molecule has 1 aromatic rings. The summed E-state index contributed by atoms with van der Waals surface area (Å²) in [5.74, 6) is 0.837. The first-order valence-corrected chi connectivity index (χ1v) is 4.17. The SMILES string of the molecule is CC1Cc2ccc(N=C=O)cc2O1. The van der Waals surface area contributed by atoms with Gasteiger partial charge in [0.05, 0.1) is 5.69 Å². The number of hydrogen-bond donors (Lipinski definition) is 0. The monoisotopic (exact) mass is 175 g/mol. The lowest BCUT2D eigenvalue weighted by Crippen LogP contribution is -2.05. The molecule has 1 unspecified atom stereocenters. The Hall–Kier alpha value is -1.60. The van der Waals surface area contributed by atoms with Crippen LogP contribution in [0.15, 0.2) is 23.2 Å². The van der Waals surface area contributed by atoms with E-state index in [-0.39, 0.29) is 6.10 Å². The quantitative estimate of drug-likeness (QED) is 0.483. The second kappa shape index (κ2) is 3.04. The fourth-order valence-corrected chi connectivity index (χ4v) is 1.51. The maximum Gasteiger partial charge on any atom is 0.240 e. The molecule has 3 nitrogen and oxygen atoms in total. The minimum atomic E-state index is 0.227. The molecule has 1 heterocycles. The molecule has 13 heavy (non-hydrogen) atoms. The molecule has 2 rings (SSSR count). The van der Waals surface area contributed by atoms with E-state index in [0.717, 1.165) is 12.2 Å². The first kappa shape index (κ1) is 8.02. The van der Waals surface area contributed by atoms with Crippen LogP contribution in [0.3, 0.4) is 0 Å². The Bertz CT molecular complexity index is 381. The van der Waals surface area contributed by atoms with E-state index in [0.29, 0.717) is 5.69 Å². The summed E-state index contributed by atoms with van der Waals surface area (Å²) >= 11 is 0. The van der Waals surface area contributed by atoms with Crippen LogP contribution in [0.2, 0.25) is 0 Å². The molecule has 0 aliphatic carbocycles. The van der Waals surface area contributed by atoms with Gasteiger partial charge in [-0.3, -0.25) is 0 Å². The lowest BCUT2D eigenvalue weighted by molar-refractivity contribution is 0.255. The number of rotatable bonds is 1. The van der Waals surface area contributed by atoms with Crippen LogP contribution in [0.1, 0.15) is 12.5 Å². The summed E-state index contributed by atoms with van der Waals surface area (Å²) in [4.78, 5) is 13.5. The van der Waals surface area contributed by atoms with Gasteiger partial charge in [0.25, 0.3) is 0 Å². The predicted molar refractivity (Wildman–Crippen MR) is 48.0 cm³/mol. The molecule has 1 atom stereocenters. The van der Waals surface area contributed by atoms with Crippen molar-refractivity contribution < 1.29 is 9.53 Å². The van der Waals surface area contributed by atoms with Crippen LogP contribution < -0.4 is 4.74 Å². The van der Waals surface area contributed by atoms with Gasteiger partial charge in [-0.05, 0) is 18.6 Å². The number of carbonyl (C=O) groups excluding carboxylic acids is 1. The van der Waals surface area contributed by atoms with Crippen molar-refractivity contribution in [3.05, 3.63) is 23.8 Å². The van der Waals surface area contributed by atoms with Crippen molar-refractivity contribution in [2.24, 2.45) is 4.99 Å². The van der Waals surface area contributed by atoms with E-state index < -0.39 is 0 Å². The maximum atomic E-state index is 10.0. The molecule has 0 N–H and O–H groups in total. The van der Waals surface area contributed by atoms with Crippen molar-refractivity contribution in [1.29, 1.82) is 0 Å². The van der Waals surface area contributed by atoms with E-state index in [1.54, 1.807) is 12.1 Å². The Morgan fingerprint density at radius 3 is 3.23 bits per heavy atom. The summed E-state index contributed by atoms with van der Waals surface area (Å²) in [6, 6.07) is 5.50. The summed E-state index contributed by atoms with van der Waals surface area (Å²) in [6.45, 7) is 2.02. The van der Waals surface area contributed by atoms with E-state index in [4.69, 9.17) is 4.74 Å². The Labute approximate surface area is 76.1 Å². The number of isocyanates is 1. The number of fused-ring (bicyclic) bond motifs is 1. The molecule has 0 amide bonds. The van der Waals surface area contributed by atoms with Gasteiger partial charge in [0, 0.05) is 12.5 Å². The summed E-state index contributed by atoms with van der Waals surface area (Å²) in [6.07, 6.45) is 2.66. The molecule has 0 radical (unpaired) electrons. The minimum absolute atomic E-state index is 0.227. The average molecular weight is 175 g/mol. The first-order chi connectivity index (χ1) is 6.29. The van der Waals surface area contributed by atoms with Gasteiger partial charge in [0.15, 0.2) is 0 Å². The standard InChI is InChI=1S/C10H9NO2/c1-7-4-8-2-3-9(11-6-12)5-10(8)13-7/h2-3,5,7H,4H2,1H3. The summed E-state index contributed by atoms with van der Waals surface area (Å²) in [7, 11) is 0. The molecule has 1 aromatic carbocycles. The average Bonchev–Trinajstić information content (AvgIpc) is 2.44. The third-order valence-corrected chi connectivity index (χ3v) is 2.06. The maximum absolute atomic E-state index is 10.0. The zero-order valence-electron chi connectivity index (χ0n) is 7.28. The Balaban J connectivity index is 2.39. The van der Waals surface area contributed by atoms with E-state index in [1.165, 1.54) is 11.6 Å². The Morgan fingerprint density at radius 1 is 1.62 bits per heavy atom. The molecule has 1 aliphatic heterocycles. The first-order valence-electron chi connectivity index (χ1n) is 4.17. The van der Waals surface area contributed by atoms with Crippen LogP contribution >= 0.6 is 0 Å². The number of hydrogen-bond acceptors (Lipinski definition) is 3. The van der Waals surface area contributed by atoms with Crippen molar-refractivity contribution in [2.45, 2.75) is 19.4 Å². The number of ether oxygens (including phenoxy) is 1. The van der Waals surface area contributed by atoms with Gasteiger partial charge in [-0.2, -0.15) is 4.99 Å². The van der Waals surface area contributed by atoms with Crippen LogP contribution in [-0.4, -0.2) is 12.2 Å². The lowest BCUT2D eigenvalue weighted by atomic mass is 10.1. The van der Waals surface area contributed by atoms with Crippen LogP contribution in [0, 0.1) is 0 Å². The smallest absolute Gasteiger partial charge is 0.240 e. The van der Waals surface area contributed by atoms with E-state index in [9.17, 15) is 4.79 Å². The van der Waals surface area contributed by atoms with Crippen molar-refractivity contribution in [3.8, 4) is 5.75 Å². The van der Waals surface area contributed by atoms with Crippen molar-refractivity contribution >= 4 is 11.8 Å². The molecule has 66 valence electrons. The van der Waals surface area contributed by atoms with Crippen molar-refractivity contribution in [1.82, 2.24) is 0 Å². The van der Waals surface area contributed by atoms with Gasteiger partial charge in [0.1, 0.15) is 11.9 Å². The van der Waals surface area contributed by atoms with Crippen molar-refractivity contribution in [3.63, 3.8) is 0 Å². The number of nitrogens with zero attached hydrogens (tertiary/aromatic N) is 1. The molecule has 0 fully saturated rings. The fourth-order valence-electron chi connectivity index (χ4n) is 1.51. The van der Waals surface area contributed by atoms with Gasteiger partial charge < -0.3 is 4.74 Å². The highest BCUT2D eigenvalue weighted by Crippen LogP contribution is 2.31. The van der Waals surface area contributed by atoms with Crippen LogP contribution in [0.5, 0.6) is 5.75 Å². The highest BCUT2D eigenvalue weighted by Gasteiger charge is 2.18. The van der Waals surface area contributed by atoms with Gasteiger partial charge in [0.2, 0.25) is 6.08 Å². The molecule has 0 aromatic heterocycles. The fraction of sp³-hybridized carbons (Fsp3) is 0.300. The number of aliphatic imine (C=N–C) groups is 1. The third kappa shape index (κ3) is 1.46. The summed E-state index contributed by atoms with van der Waals surface area (Å²) in [5.41, 5.74) is 1.78. The number of benzene rings is 1. The van der Waals surface area contributed by atoms with Gasteiger partial charge in [-0.1, -0.05) is 6.07 Å². The van der Waals surface area contributed by atoms with Gasteiger partial charge in [-0.25, -0.2) is 4.79 Å². The molecule has 0 saturated heterocycles. The van der Waals surface area contributed by atoms with Gasteiger partial charge in [-0.15, -0.1) is 0 Å².